The second-order valence-electron chi connectivity index (χ2n) is 11.4. The van der Waals surface area contributed by atoms with Gasteiger partial charge in [-0.3, -0.25) is 0 Å². The Kier molecular flexibility index (Phi) is 6.68. The van der Waals surface area contributed by atoms with Crippen molar-refractivity contribution in [2.24, 2.45) is 40.9 Å². The fourth-order valence-corrected chi connectivity index (χ4v) is 8.68. The Bertz CT molecular complexity index is 581. The number of alkyl halides is 1. The monoisotopic (exact) mass is 450 g/mol. The Morgan fingerprint density at radius 2 is 1.93 bits per heavy atom. The normalized spacial score (nSPS) is 43.1. The van der Waals surface area contributed by atoms with Crippen LogP contribution >= 0.6 is 15.9 Å². The molecule has 4 aliphatic rings. The molecular formula is C26H43BrO. The number of aliphatic hydroxyl groups is 1. The van der Waals surface area contributed by atoms with Gasteiger partial charge in [0.25, 0.3) is 0 Å². The summed E-state index contributed by atoms with van der Waals surface area (Å²) in [5, 5.41) is 11.4. The Balaban J connectivity index is 1.48. The molecule has 2 saturated carbocycles. The van der Waals surface area contributed by atoms with E-state index >= 15 is 0 Å². The van der Waals surface area contributed by atoms with Gasteiger partial charge in [-0.1, -0.05) is 67.1 Å². The Hall–Kier alpha value is 0.180. The molecule has 6 unspecified atom stereocenters. The average molecular weight is 452 g/mol. The predicted octanol–water partition coefficient (Wildman–Crippen LogP) is 7.52. The number of rotatable bonds is 6. The fourth-order valence-electron chi connectivity index (χ4n) is 8.02. The summed E-state index contributed by atoms with van der Waals surface area (Å²) < 4.78 is 0. The molecule has 0 aliphatic heterocycles. The van der Waals surface area contributed by atoms with Gasteiger partial charge in [0.05, 0.1) is 6.10 Å². The van der Waals surface area contributed by atoms with E-state index in [1.54, 1.807) is 5.57 Å². The minimum atomic E-state index is -0.0765. The molecule has 28 heavy (non-hydrogen) atoms. The van der Waals surface area contributed by atoms with Crippen molar-refractivity contribution < 1.29 is 5.11 Å². The molecule has 0 aromatic heterocycles. The van der Waals surface area contributed by atoms with E-state index in [4.69, 9.17) is 0 Å². The number of fused-ring (bicyclic) bond motifs is 4. The topological polar surface area (TPSA) is 20.2 Å². The molecule has 1 N–H and O–H groups in total. The van der Waals surface area contributed by atoms with Gasteiger partial charge in [-0.25, -0.2) is 0 Å². The molecule has 0 spiro atoms. The van der Waals surface area contributed by atoms with Gasteiger partial charge in [0.2, 0.25) is 0 Å². The molecule has 0 aromatic rings. The summed E-state index contributed by atoms with van der Waals surface area (Å²) in [6.45, 7) is 7.42. The highest BCUT2D eigenvalue weighted by molar-refractivity contribution is 9.09. The lowest BCUT2D eigenvalue weighted by Crippen LogP contribution is -2.46. The number of hydrogen-bond acceptors (Lipinski definition) is 1. The van der Waals surface area contributed by atoms with E-state index in [1.165, 1.54) is 64.2 Å². The zero-order valence-electron chi connectivity index (χ0n) is 18.6. The van der Waals surface area contributed by atoms with E-state index in [2.05, 4.69) is 36.7 Å². The van der Waals surface area contributed by atoms with Gasteiger partial charge in [0.15, 0.2) is 0 Å². The number of unbranched alkanes of at least 4 members (excludes halogenated alkanes) is 1. The van der Waals surface area contributed by atoms with Crippen molar-refractivity contribution in [1.29, 1.82) is 0 Å². The maximum atomic E-state index is 10.3. The van der Waals surface area contributed by atoms with Crippen molar-refractivity contribution in [3.05, 3.63) is 11.1 Å². The van der Waals surface area contributed by atoms with E-state index in [9.17, 15) is 5.11 Å². The molecule has 0 aromatic carbocycles. The predicted molar refractivity (Wildman–Crippen MR) is 123 cm³/mol. The van der Waals surface area contributed by atoms with Crippen LogP contribution in [0.5, 0.6) is 0 Å². The second-order valence-corrected chi connectivity index (χ2v) is 12.1. The summed E-state index contributed by atoms with van der Waals surface area (Å²) in [6.07, 6.45) is 16.2. The molecular weight excluding hydrogens is 408 g/mol. The molecule has 0 bridgehead atoms. The lowest BCUT2D eigenvalue weighted by atomic mass is 9.51. The van der Waals surface area contributed by atoms with Gasteiger partial charge >= 0.3 is 0 Å². The summed E-state index contributed by atoms with van der Waals surface area (Å²) in [5.74, 6) is 5.29. The first-order valence-electron chi connectivity index (χ1n) is 12.4. The van der Waals surface area contributed by atoms with Crippen LogP contribution in [0.4, 0.5) is 0 Å². The minimum Gasteiger partial charge on any atom is -0.393 e. The minimum absolute atomic E-state index is 0.0765. The molecule has 0 radical (unpaired) electrons. The molecule has 4 rings (SSSR count). The third-order valence-electron chi connectivity index (χ3n) is 9.52. The third-order valence-corrected chi connectivity index (χ3v) is 10.3. The van der Waals surface area contributed by atoms with Crippen LogP contribution < -0.4 is 0 Å². The van der Waals surface area contributed by atoms with Crippen molar-refractivity contribution in [2.75, 3.05) is 5.33 Å². The standard InChI is InChI=1S/C26H43BrO/c1-17(2)6-4-5-7-19-8-11-25-24-14-18(16-27)23-15-20(28)9-10-21(23)22(24)12-13-26(19,25)3/h17-20,22,24-25,28H,4-16H2,1-3H3/t18?,19-,20?,22?,24?,25?,26?/m0/s1. The summed E-state index contributed by atoms with van der Waals surface area (Å²) in [4.78, 5) is 0. The van der Waals surface area contributed by atoms with E-state index in [0.29, 0.717) is 11.3 Å². The summed E-state index contributed by atoms with van der Waals surface area (Å²) in [7, 11) is 0. The van der Waals surface area contributed by atoms with Crippen LogP contribution in [0.25, 0.3) is 0 Å². The highest BCUT2D eigenvalue weighted by atomic mass is 79.9. The maximum Gasteiger partial charge on any atom is 0.0580 e. The Labute approximate surface area is 182 Å². The van der Waals surface area contributed by atoms with E-state index in [-0.39, 0.29) is 6.10 Å². The van der Waals surface area contributed by atoms with E-state index < -0.39 is 0 Å². The summed E-state index contributed by atoms with van der Waals surface area (Å²) >= 11 is 3.85. The number of hydrogen-bond donors (Lipinski definition) is 1. The van der Waals surface area contributed by atoms with Crippen LogP contribution in [0, 0.1) is 40.9 Å². The van der Waals surface area contributed by atoms with Gasteiger partial charge in [0, 0.05) is 5.33 Å². The van der Waals surface area contributed by atoms with Crippen LogP contribution in [0.3, 0.4) is 0 Å². The summed E-state index contributed by atoms with van der Waals surface area (Å²) in [6, 6.07) is 0. The Morgan fingerprint density at radius 3 is 2.68 bits per heavy atom. The third kappa shape index (κ3) is 3.91. The van der Waals surface area contributed by atoms with Crippen molar-refractivity contribution in [3.63, 3.8) is 0 Å². The quantitative estimate of drug-likeness (QED) is 0.252. The molecule has 7 atom stereocenters. The van der Waals surface area contributed by atoms with Crippen LogP contribution in [0.2, 0.25) is 0 Å². The highest BCUT2D eigenvalue weighted by Gasteiger charge is 2.55. The number of aliphatic hydroxyl groups excluding tert-OH is 1. The maximum absolute atomic E-state index is 10.3. The van der Waals surface area contributed by atoms with E-state index in [0.717, 1.165) is 47.8 Å². The smallest absolute Gasteiger partial charge is 0.0580 e. The zero-order valence-corrected chi connectivity index (χ0v) is 20.1. The Morgan fingerprint density at radius 1 is 1.11 bits per heavy atom. The highest BCUT2D eigenvalue weighted by Crippen LogP contribution is 2.64. The first kappa shape index (κ1) is 21.4. The van der Waals surface area contributed by atoms with Gasteiger partial charge in [-0.15, -0.1) is 0 Å². The van der Waals surface area contributed by atoms with Gasteiger partial charge in [-0.05, 0) is 98.7 Å². The van der Waals surface area contributed by atoms with Gasteiger partial charge < -0.3 is 5.11 Å². The van der Waals surface area contributed by atoms with Gasteiger partial charge in [-0.2, -0.15) is 0 Å². The lowest BCUT2D eigenvalue weighted by Gasteiger charge is -2.54. The molecule has 0 amide bonds. The van der Waals surface area contributed by atoms with Crippen molar-refractivity contribution in [3.8, 4) is 0 Å². The molecule has 160 valence electrons. The van der Waals surface area contributed by atoms with Crippen LogP contribution in [-0.2, 0) is 0 Å². The first-order valence-corrected chi connectivity index (χ1v) is 13.5. The SMILES string of the molecule is CC(C)CCCC[C@H]1CCC2C3CC(CBr)C4=C(CCC(O)C4)C3CCC21C. The van der Waals surface area contributed by atoms with Crippen molar-refractivity contribution >= 4 is 15.9 Å². The number of halogens is 1. The summed E-state index contributed by atoms with van der Waals surface area (Å²) in [5.41, 5.74) is 4.10. The van der Waals surface area contributed by atoms with Crippen molar-refractivity contribution in [2.45, 2.75) is 104 Å². The van der Waals surface area contributed by atoms with E-state index in [1.807, 2.05) is 5.57 Å². The van der Waals surface area contributed by atoms with Crippen molar-refractivity contribution in [1.82, 2.24) is 0 Å². The van der Waals surface area contributed by atoms with Crippen LogP contribution in [0.1, 0.15) is 97.8 Å². The molecule has 2 fully saturated rings. The average Bonchev–Trinajstić information content (AvgIpc) is 3.00. The first-order chi connectivity index (χ1) is 13.4. The van der Waals surface area contributed by atoms with Crippen LogP contribution in [0.15, 0.2) is 11.1 Å². The lowest BCUT2D eigenvalue weighted by molar-refractivity contribution is 0.00134. The molecule has 4 aliphatic carbocycles. The number of allylic oxidation sites excluding steroid dienone is 1. The largest absolute Gasteiger partial charge is 0.393 e. The fraction of sp³-hybridized carbons (Fsp3) is 0.923. The van der Waals surface area contributed by atoms with Gasteiger partial charge in [0.1, 0.15) is 0 Å². The molecule has 2 heteroatoms. The molecule has 0 heterocycles. The molecule has 0 saturated heterocycles. The van der Waals surface area contributed by atoms with Crippen LogP contribution in [-0.4, -0.2) is 16.5 Å². The second kappa shape index (κ2) is 8.74. The molecule has 1 nitrogen and oxygen atoms in total. The zero-order chi connectivity index (χ0) is 19.9.